The van der Waals surface area contributed by atoms with E-state index < -0.39 is 0 Å². The normalized spacial score (nSPS) is 48.8. The van der Waals surface area contributed by atoms with E-state index in [-0.39, 0.29) is 12.2 Å². The number of rotatable bonds is 4. The summed E-state index contributed by atoms with van der Waals surface area (Å²) in [4.78, 5) is 0. The van der Waals surface area contributed by atoms with Crippen molar-refractivity contribution in [3.63, 3.8) is 0 Å². The van der Waals surface area contributed by atoms with Gasteiger partial charge in [-0.1, -0.05) is 32.4 Å². The van der Waals surface area contributed by atoms with E-state index in [1.165, 1.54) is 44.9 Å². The maximum Gasteiger partial charge on any atom is 0.0577 e. The topological polar surface area (TPSA) is 40.5 Å². The first-order valence-corrected chi connectivity index (χ1v) is 11.8. The van der Waals surface area contributed by atoms with Crippen molar-refractivity contribution in [2.24, 2.45) is 40.4 Å². The highest BCUT2D eigenvalue weighted by molar-refractivity contribution is 5.25. The quantitative estimate of drug-likeness (QED) is 0.618. The third-order valence-electron chi connectivity index (χ3n) is 9.88. The molecule has 0 aromatic heterocycles. The molecule has 0 radical (unpaired) electrons. The van der Waals surface area contributed by atoms with E-state index in [4.69, 9.17) is 0 Å². The number of allylic oxidation sites excluding steroid dienone is 1. The summed E-state index contributed by atoms with van der Waals surface area (Å²) in [7, 11) is 0. The Hall–Kier alpha value is -0.340. The number of aliphatic hydroxyl groups is 2. The minimum Gasteiger partial charge on any atom is -0.393 e. The van der Waals surface area contributed by atoms with Gasteiger partial charge in [-0.3, -0.25) is 0 Å². The Balaban J connectivity index is 1.53. The molecule has 2 N–H and O–H groups in total. The third-order valence-corrected chi connectivity index (χ3v) is 9.88. The molecule has 3 fully saturated rings. The van der Waals surface area contributed by atoms with Crippen LogP contribution in [0.25, 0.3) is 0 Å². The summed E-state index contributed by atoms with van der Waals surface area (Å²) < 4.78 is 0. The molecular formula is C25H42O2. The first kappa shape index (κ1) is 20.0. The van der Waals surface area contributed by atoms with E-state index in [9.17, 15) is 10.2 Å². The molecule has 0 saturated heterocycles. The van der Waals surface area contributed by atoms with Crippen LogP contribution >= 0.6 is 0 Å². The highest BCUT2D eigenvalue weighted by Gasteiger charge is 2.59. The molecule has 3 saturated carbocycles. The molecule has 4 rings (SSSR count). The fourth-order valence-corrected chi connectivity index (χ4v) is 8.32. The second-order valence-electron chi connectivity index (χ2n) is 11.3. The summed E-state index contributed by atoms with van der Waals surface area (Å²) in [6.07, 6.45) is 14.4. The van der Waals surface area contributed by atoms with Gasteiger partial charge in [0.2, 0.25) is 0 Å². The number of hydrogen-bond donors (Lipinski definition) is 2. The van der Waals surface area contributed by atoms with Crippen LogP contribution in [0.2, 0.25) is 0 Å². The lowest BCUT2D eigenvalue weighted by Crippen LogP contribution is -2.50. The fraction of sp³-hybridized carbons (Fsp3) is 0.920. The Morgan fingerprint density at radius 3 is 2.56 bits per heavy atom. The predicted molar refractivity (Wildman–Crippen MR) is 111 cm³/mol. The molecule has 0 heterocycles. The van der Waals surface area contributed by atoms with Gasteiger partial charge in [-0.25, -0.2) is 0 Å². The van der Waals surface area contributed by atoms with Crippen molar-refractivity contribution in [3.8, 4) is 0 Å². The summed E-state index contributed by atoms with van der Waals surface area (Å²) in [5.74, 6) is 4.17. The van der Waals surface area contributed by atoms with Crippen LogP contribution in [-0.4, -0.2) is 22.4 Å². The zero-order valence-electron chi connectivity index (χ0n) is 18.1. The largest absolute Gasteiger partial charge is 0.393 e. The highest BCUT2D eigenvalue weighted by Crippen LogP contribution is 2.67. The van der Waals surface area contributed by atoms with Crippen LogP contribution in [-0.2, 0) is 0 Å². The van der Waals surface area contributed by atoms with Gasteiger partial charge in [-0.2, -0.15) is 0 Å². The first-order valence-electron chi connectivity index (χ1n) is 11.8. The Morgan fingerprint density at radius 1 is 1.04 bits per heavy atom. The van der Waals surface area contributed by atoms with Gasteiger partial charge in [0.15, 0.2) is 0 Å². The SMILES string of the molecule is CC(O)CCC(C)[C@H]1CC[C@H]2[C@@H]3CC=C4C[C@@H](O)CC[C@]4(C)[C@H]3CC[C@]12C. The van der Waals surface area contributed by atoms with Crippen molar-refractivity contribution in [2.75, 3.05) is 0 Å². The van der Waals surface area contributed by atoms with Crippen LogP contribution in [0.15, 0.2) is 11.6 Å². The van der Waals surface area contributed by atoms with Gasteiger partial charge in [0.1, 0.15) is 0 Å². The van der Waals surface area contributed by atoms with E-state index >= 15 is 0 Å². The van der Waals surface area contributed by atoms with Gasteiger partial charge in [-0.15, -0.1) is 0 Å². The standard InChI is InChI=1S/C25H42O2/c1-16(5-6-17(2)26)21-9-10-22-20-8-7-18-15-19(27)11-13-24(18,3)23(20)12-14-25(21,22)4/h7,16-17,19-23,26-27H,5-6,8-15H2,1-4H3/t16?,17?,19-,20-,21+,22-,23-,24-,25+/m0/s1. The minimum atomic E-state index is -0.156. The first-order chi connectivity index (χ1) is 12.8. The van der Waals surface area contributed by atoms with Crippen LogP contribution in [0.1, 0.15) is 91.9 Å². The maximum absolute atomic E-state index is 10.2. The van der Waals surface area contributed by atoms with Crippen molar-refractivity contribution < 1.29 is 10.2 Å². The Labute approximate surface area is 166 Å². The minimum absolute atomic E-state index is 0.0969. The van der Waals surface area contributed by atoms with Crippen LogP contribution in [0.4, 0.5) is 0 Å². The summed E-state index contributed by atoms with van der Waals surface area (Å²) in [5.41, 5.74) is 2.46. The molecule has 9 atom stereocenters. The average molecular weight is 375 g/mol. The summed E-state index contributed by atoms with van der Waals surface area (Å²) in [6.45, 7) is 9.54. The van der Waals surface area contributed by atoms with Gasteiger partial charge < -0.3 is 10.2 Å². The molecule has 4 aliphatic rings. The van der Waals surface area contributed by atoms with E-state index in [0.29, 0.717) is 10.8 Å². The van der Waals surface area contributed by atoms with Crippen molar-refractivity contribution in [1.82, 2.24) is 0 Å². The van der Waals surface area contributed by atoms with Gasteiger partial charge >= 0.3 is 0 Å². The molecule has 0 amide bonds. The van der Waals surface area contributed by atoms with Crippen LogP contribution in [0.5, 0.6) is 0 Å². The molecule has 0 aromatic rings. The molecule has 0 aliphatic heterocycles. The van der Waals surface area contributed by atoms with Crippen molar-refractivity contribution in [2.45, 2.75) is 104 Å². The number of hydrogen-bond acceptors (Lipinski definition) is 2. The third kappa shape index (κ3) is 3.23. The number of aliphatic hydroxyl groups excluding tert-OH is 2. The van der Waals surface area contributed by atoms with Crippen molar-refractivity contribution >= 4 is 0 Å². The predicted octanol–water partition coefficient (Wildman–Crippen LogP) is 5.72. The molecular weight excluding hydrogens is 332 g/mol. The van der Waals surface area contributed by atoms with Gasteiger partial charge in [-0.05, 0) is 112 Å². The van der Waals surface area contributed by atoms with Gasteiger partial charge in [0.05, 0.1) is 12.2 Å². The van der Waals surface area contributed by atoms with Crippen LogP contribution < -0.4 is 0 Å². The summed E-state index contributed by atoms with van der Waals surface area (Å²) in [5, 5.41) is 19.9. The Morgan fingerprint density at radius 2 is 1.81 bits per heavy atom. The molecule has 4 aliphatic carbocycles. The zero-order chi connectivity index (χ0) is 19.4. The van der Waals surface area contributed by atoms with Crippen molar-refractivity contribution in [1.29, 1.82) is 0 Å². The number of fused-ring (bicyclic) bond motifs is 5. The second kappa shape index (κ2) is 7.17. The second-order valence-corrected chi connectivity index (χ2v) is 11.3. The van der Waals surface area contributed by atoms with Gasteiger partial charge in [0, 0.05) is 0 Å². The zero-order valence-corrected chi connectivity index (χ0v) is 18.1. The molecule has 0 spiro atoms. The smallest absolute Gasteiger partial charge is 0.0577 e. The van der Waals surface area contributed by atoms with E-state index in [1.54, 1.807) is 5.57 Å². The Kier molecular flexibility index (Phi) is 5.30. The lowest BCUT2D eigenvalue weighted by molar-refractivity contribution is -0.0577. The molecule has 0 bridgehead atoms. The molecule has 0 aromatic carbocycles. The fourth-order valence-electron chi connectivity index (χ4n) is 8.32. The molecule has 2 heteroatoms. The lowest BCUT2D eigenvalue weighted by atomic mass is 9.47. The monoisotopic (exact) mass is 374 g/mol. The van der Waals surface area contributed by atoms with Gasteiger partial charge in [0.25, 0.3) is 0 Å². The maximum atomic E-state index is 10.2. The van der Waals surface area contributed by atoms with Crippen LogP contribution in [0, 0.1) is 40.4 Å². The highest BCUT2D eigenvalue weighted by atomic mass is 16.3. The lowest BCUT2D eigenvalue weighted by Gasteiger charge is -2.58. The molecule has 154 valence electrons. The summed E-state index contributed by atoms with van der Waals surface area (Å²) in [6, 6.07) is 0. The van der Waals surface area contributed by atoms with E-state index in [0.717, 1.165) is 48.9 Å². The molecule has 2 nitrogen and oxygen atoms in total. The van der Waals surface area contributed by atoms with E-state index in [1.807, 2.05) is 6.92 Å². The van der Waals surface area contributed by atoms with Crippen molar-refractivity contribution in [3.05, 3.63) is 11.6 Å². The molecule has 27 heavy (non-hydrogen) atoms. The van der Waals surface area contributed by atoms with E-state index in [2.05, 4.69) is 26.8 Å². The molecule has 2 unspecified atom stereocenters. The average Bonchev–Trinajstić information content (AvgIpc) is 2.97. The Bertz CT molecular complexity index is 581. The van der Waals surface area contributed by atoms with Crippen LogP contribution in [0.3, 0.4) is 0 Å². The summed E-state index contributed by atoms with van der Waals surface area (Å²) >= 11 is 0.